The molecule has 2 amide bonds. The lowest BCUT2D eigenvalue weighted by Crippen LogP contribution is -2.29. The standard InChI is InChI=1S/C25H23FN2O2S/c1-16(2)19-7-4-6-10-22(19)28-23(29)15-31-25(28)20-8-3-5-9-21(20)27-24(30)17-11-13-18(26)14-12-17/h3-14,16,25H,15H2,1-2H3,(H,27,30). The minimum Gasteiger partial charge on any atom is -0.322 e. The molecule has 0 saturated carbocycles. The Labute approximate surface area is 185 Å². The smallest absolute Gasteiger partial charge is 0.255 e. The molecule has 31 heavy (non-hydrogen) atoms. The third-order valence-corrected chi connectivity index (χ3v) is 6.46. The van der Waals surface area contributed by atoms with Crippen molar-refractivity contribution in [1.29, 1.82) is 0 Å². The average Bonchev–Trinajstić information content (AvgIpc) is 3.15. The molecule has 0 aliphatic carbocycles. The molecule has 1 N–H and O–H groups in total. The number of hydrogen-bond acceptors (Lipinski definition) is 3. The van der Waals surface area contributed by atoms with Gasteiger partial charge in [0.1, 0.15) is 11.2 Å². The molecular formula is C25H23FN2O2S. The van der Waals surface area contributed by atoms with E-state index in [1.807, 2.05) is 47.4 Å². The molecule has 0 spiro atoms. The van der Waals surface area contributed by atoms with Gasteiger partial charge in [0.15, 0.2) is 0 Å². The van der Waals surface area contributed by atoms with Crippen molar-refractivity contribution in [1.82, 2.24) is 0 Å². The van der Waals surface area contributed by atoms with Crippen molar-refractivity contribution in [3.05, 3.63) is 95.3 Å². The van der Waals surface area contributed by atoms with Crippen molar-refractivity contribution in [2.45, 2.75) is 25.1 Å². The number of anilines is 2. The molecule has 1 fully saturated rings. The van der Waals surface area contributed by atoms with Gasteiger partial charge in [-0.25, -0.2) is 4.39 Å². The molecule has 0 bridgehead atoms. The molecule has 6 heteroatoms. The predicted octanol–water partition coefficient (Wildman–Crippen LogP) is 5.98. The van der Waals surface area contributed by atoms with E-state index in [2.05, 4.69) is 25.2 Å². The molecule has 1 heterocycles. The first kappa shape index (κ1) is 21.1. The second-order valence-corrected chi connectivity index (χ2v) is 8.76. The highest BCUT2D eigenvalue weighted by Gasteiger charge is 2.36. The van der Waals surface area contributed by atoms with Crippen molar-refractivity contribution in [2.75, 3.05) is 16.0 Å². The van der Waals surface area contributed by atoms with Crippen molar-refractivity contribution in [2.24, 2.45) is 0 Å². The SMILES string of the molecule is CC(C)c1ccccc1N1C(=O)CSC1c1ccccc1NC(=O)c1ccc(F)cc1. The van der Waals surface area contributed by atoms with Crippen LogP contribution in [0.5, 0.6) is 0 Å². The molecule has 158 valence electrons. The van der Waals surface area contributed by atoms with Crippen molar-refractivity contribution < 1.29 is 14.0 Å². The van der Waals surface area contributed by atoms with Crippen LogP contribution < -0.4 is 10.2 Å². The highest BCUT2D eigenvalue weighted by atomic mass is 32.2. The Morgan fingerprint density at radius 2 is 1.71 bits per heavy atom. The highest BCUT2D eigenvalue weighted by Crippen LogP contribution is 2.46. The van der Waals surface area contributed by atoms with Crippen LogP contribution in [0.1, 0.15) is 46.6 Å². The van der Waals surface area contributed by atoms with Crippen LogP contribution in [-0.4, -0.2) is 17.6 Å². The number of thioether (sulfide) groups is 1. The maximum absolute atomic E-state index is 13.2. The number of nitrogens with zero attached hydrogens (tertiary/aromatic N) is 1. The normalized spacial score (nSPS) is 16.1. The van der Waals surface area contributed by atoms with Gasteiger partial charge < -0.3 is 5.32 Å². The van der Waals surface area contributed by atoms with E-state index in [4.69, 9.17) is 0 Å². The van der Waals surface area contributed by atoms with Crippen LogP contribution in [0.2, 0.25) is 0 Å². The van der Waals surface area contributed by atoms with Gasteiger partial charge in [-0.15, -0.1) is 11.8 Å². The number of carbonyl (C=O) groups excluding carboxylic acids is 2. The van der Waals surface area contributed by atoms with Crippen LogP contribution in [0.25, 0.3) is 0 Å². The van der Waals surface area contributed by atoms with E-state index in [0.29, 0.717) is 17.0 Å². The van der Waals surface area contributed by atoms with E-state index in [1.54, 1.807) is 11.8 Å². The van der Waals surface area contributed by atoms with Crippen LogP contribution in [0.4, 0.5) is 15.8 Å². The first-order valence-corrected chi connectivity index (χ1v) is 11.2. The topological polar surface area (TPSA) is 49.4 Å². The van der Waals surface area contributed by atoms with Gasteiger partial charge in [0.2, 0.25) is 5.91 Å². The molecule has 1 aliphatic rings. The van der Waals surface area contributed by atoms with Gasteiger partial charge in [-0.2, -0.15) is 0 Å². The summed E-state index contributed by atoms with van der Waals surface area (Å²) in [5, 5.41) is 2.68. The van der Waals surface area contributed by atoms with Crippen molar-refractivity contribution in [3.63, 3.8) is 0 Å². The molecule has 0 radical (unpaired) electrons. The number of benzene rings is 3. The monoisotopic (exact) mass is 434 g/mol. The Kier molecular flexibility index (Phi) is 6.09. The summed E-state index contributed by atoms with van der Waals surface area (Å²) in [6.07, 6.45) is 0. The van der Waals surface area contributed by atoms with Gasteiger partial charge in [-0.3, -0.25) is 14.5 Å². The maximum atomic E-state index is 13.2. The van der Waals surface area contributed by atoms with Gasteiger partial charge in [-0.1, -0.05) is 50.2 Å². The Hall–Kier alpha value is -3.12. The third kappa shape index (κ3) is 4.35. The molecule has 1 aliphatic heterocycles. The fourth-order valence-electron chi connectivity index (χ4n) is 3.73. The van der Waals surface area contributed by atoms with Gasteiger partial charge in [0.05, 0.1) is 5.75 Å². The summed E-state index contributed by atoms with van der Waals surface area (Å²) in [6.45, 7) is 4.22. The quantitative estimate of drug-likeness (QED) is 0.537. The van der Waals surface area contributed by atoms with Crippen LogP contribution >= 0.6 is 11.8 Å². The molecule has 3 aromatic rings. The fourth-order valence-corrected chi connectivity index (χ4v) is 4.94. The number of para-hydroxylation sites is 2. The number of halogens is 1. The fraction of sp³-hybridized carbons (Fsp3) is 0.200. The molecule has 4 rings (SSSR count). The van der Waals surface area contributed by atoms with E-state index in [1.165, 1.54) is 24.3 Å². The zero-order valence-electron chi connectivity index (χ0n) is 17.3. The number of amides is 2. The van der Waals surface area contributed by atoms with Crippen LogP contribution in [0, 0.1) is 5.82 Å². The zero-order valence-corrected chi connectivity index (χ0v) is 18.2. The summed E-state index contributed by atoms with van der Waals surface area (Å²) in [7, 11) is 0. The minimum absolute atomic E-state index is 0.0442. The Bertz CT molecular complexity index is 1110. The van der Waals surface area contributed by atoms with Gasteiger partial charge in [0, 0.05) is 22.5 Å². The second kappa shape index (κ2) is 8.94. The Morgan fingerprint density at radius 1 is 1.03 bits per heavy atom. The lowest BCUT2D eigenvalue weighted by Gasteiger charge is -2.29. The van der Waals surface area contributed by atoms with E-state index >= 15 is 0 Å². The third-order valence-electron chi connectivity index (χ3n) is 5.27. The number of carbonyl (C=O) groups is 2. The van der Waals surface area contributed by atoms with Crippen LogP contribution in [0.15, 0.2) is 72.8 Å². The number of nitrogens with one attached hydrogen (secondary N) is 1. The molecule has 1 unspecified atom stereocenters. The summed E-state index contributed by atoms with van der Waals surface area (Å²) in [6, 6.07) is 20.9. The summed E-state index contributed by atoms with van der Waals surface area (Å²) < 4.78 is 13.2. The first-order valence-electron chi connectivity index (χ1n) is 10.1. The summed E-state index contributed by atoms with van der Waals surface area (Å²) in [4.78, 5) is 27.5. The first-order chi connectivity index (χ1) is 15.0. The van der Waals surface area contributed by atoms with Crippen LogP contribution in [-0.2, 0) is 4.79 Å². The van der Waals surface area contributed by atoms with Gasteiger partial charge in [0.25, 0.3) is 5.91 Å². The average molecular weight is 435 g/mol. The predicted molar refractivity (Wildman–Crippen MR) is 124 cm³/mol. The van der Waals surface area contributed by atoms with E-state index < -0.39 is 5.82 Å². The van der Waals surface area contributed by atoms with Gasteiger partial charge >= 0.3 is 0 Å². The number of hydrogen-bond donors (Lipinski definition) is 1. The largest absolute Gasteiger partial charge is 0.322 e. The van der Waals surface area contributed by atoms with Crippen molar-refractivity contribution in [3.8, 4) is 0 Å². The molecular weight excluding hydrogens is 411 g/mol. The zero-order chi connectivity index (χ0) is 22.0. The van der Waals surface area contributed by atoms with E-state index in [9.17, 15) is 14.0 Å². The van der Waals surface area contributed by atoms with Crippen molar-refractivity contribution >= 4 is 35.0 Å². The molecule has 3 aromatic carbocycles. The Balaban J connectivity index is 1.69. The lowest BCUT2D eigenvalue weighted by molar-refractivity contribution is -0.115. The lowest BCUT2D eigenvalue weighted by atomic mass is 10.00. The minimum atomic E-state index is -0.391. The van der Waals surface area contributed by atoms with E-state index in [-0.39, 0.29) is 23.1 Å². The maximum Gasteiger partial charge on any atom is 0.255 e. The summed E-state index contributed by atoms with van der Waals surface area (Å²) in [5.74, 6) is -0.0308. The van der Waals surface area contributed by atoms with Gasteiger partial charge in [-0.05, 0) is 47.9 Å². The molecule has 1 atom stereocenters. The molecule has 0 aromatic heterocycles. The second-order valence-electron chi connectivity index (χ2n) is 7.69. The highest BCUT2D eigenvalue weighted by molar-refractivity contribution is 8.00. The summed E-state index contributed by atoms with van der Waals surface area (Å²) >= 11 is 1.54. The molecule has 1 saturated heterocycles. The Morgan fingerprint density at radius 3 is 2.45 bits per heavy atom. The number of rotatable bonds is 5. The van der Waals surface area contributed by atoms with E-state index in [0.717, 1.165) is 16.8 Å². The van der Waals surface area contributed by atoms with Crippen LogP contribution in [0.3, 0.4) is 0 Å². The summed E-state index contributed by atoms with van der Waals surface area (Å²) in [5.41, 5.74) is 3.87. The molecule has 4 nitrogen and oxygen atoms in total.